The van der Waals surface area contributed by atoms with Crippen molar-refractivity contribution in [1.29, 1.82) is 0 Å². The van der Waals surface area contributed by atoms with Gasteiger partial charge < -0.3 is 14.5 Å². The van der Waals surface area contributed by atoms with Crippen LogP contribution in [0.25, 0.3) is 0 Å². The summed E-state index contributed by atoms with van der Waals surface area (Å²) >= 11 is 0. The van der Waals surface area contributed by atoms with Gasteiger partial charge in [-0.3, -0.25) is 4.79 Å². The quantitative estimate of drug-likeness (QED) is 0.695. The van der Waals surface area contributed by atoms with Crippen LogP contribution in [0.15, 0.2) is 29.2 Å². The predicted octanol–water partition coefficient (Wildman–Crippen LogP) is 1.70. The summed E-state index contributed by atoms with van der Waals surface area (Å²) in [6.45, 7) is 5.25. The van der Waals surface area contributed by atoms with Crippen molar-refractivity contribution < 1.29 is 22.7 Å². The lowest BCUT2D eigenvalue weighted by Gasteiger charge is -2.34. The molecule has 0 spiro atoms. The molecule has 0 aliphatic carbocycles. The van der Waals surface area contributed by atoms with E-state index in [-0.39, 0.29) is 12.0 Å². The molecule has 3 rings (SSSR count). The number of sulfonamides is 1. The number of benzene rings is 1. The molecule has 2 aliphatic rings. The van der Waals surface area contributed by atoms with E-state index in [2.05, 4.69) is 0 Å². The van der Waals surface area contributed by atoms with Gasteiger partial charge >= 0.3 is 6.09 Å². The number of hydrogen-bond acceptors (Lipinski definition) is 5. The molecule has 29 heavy (non-hydrogen) atoms. The third-order valence-corrected chi connectivity index (χ3v) is 7.32. The van der Waals surface area contributed by atoms with Crippen LogP contribution in [0.5, 0.6) is 0 Å². The van der Waals surface area contributed by atoms with Crippen LogP contribution in [-0.2, 0) is 26.0 Å². The van der Waals surface area contributed by atoms with Crippen LogP contribution >= 0.6 is 0 Å². The smallest absolute Gasteiger partial charge is 0.409 e. The van der Waals surface area contributed by atoms with Gasteiger partial charge in [0.05, 0.1) is 11.5 Å². The highest BCUT2D eigenvalue weighted by atomic mass is 32.2. The molecule has 2 aliphatic heterocycles. The Labute approximate surface area is 172 Å². The summed E-state index contributed by atoms with van der Waals surface area (Å²) in [6.07, 6.45) is 2.41. The second-order valence-electron chi connectivity index (χ2n) is 7.32. The molecule has 1 aromatic carbocycles. The normalized spacial score (nSPS) is 18.1. The minimum atomic E-state index is -3.40. The van der Waals surface area contributed by atoms with E-state index in [0.717, 1.165) is 18.4 Å². The van der Waals surface area contributed by atoms with Crippen molar-refractivity contribution >= 4 is 22.0 Å². The van der Waals surface area contributed by atoms with Gasteiger partial charge in [0.15, 0.2) is 0 Å². The Morgan fingerprint density at radius 3 is 2.10 bits per heavy atom. The molecular weight excluding hydrogens is 394 g/mol. The number of amides is 2. The number of rotatable bonds is 6. The predicted molar refractivity (Wildman–Crippen MR) is 108 cm³/mol. The van der Waals surface area contributed by atoms with Crippen molar-refractivity contribution in [3.8, 4) is 0 Å². The van der Waals surface area contributed by atoms with Crippen LogP contribution in [0.2, 0.25) is 0 Å². The molecule has 0 unspecified atom stereocenters. The van der Waals surface area contributed by atoms with Gasteiger partial charge in [-0.2, -0.15) is 4.31 Å². The number of ether oxygens (including phenoxy) is 1. The monoisotopic (exact) mass is 423 g/mol. The Balaban J connectivity index is 1.48. The highest BCUT2D eigenvalue weighted by Crippen LogP contribution is 2.21. The number of piperazine rings is 1. The lowest BCUT2D eigenvalue weighted by atomic mass is 10.1. The highest BCUT2D eigenvalue weighted by molar-refractivity contribution is 7.89. The van der Waals surface area contributed by atoms with Crippen molar-refractivity contribution in [2.45, 2.75) is 37.5 Å². The van der Waals surface area contributed by atoms with Crippen molar-refractivity contribution in [2.75, 3.05) is 45.9 Å². The van der Waals surface area contributed by atoms with Gasteiger partial charge in [-0.1, -0.05) is 12.1 Å². The Hall–Kier alpha value is -2.13. The molecular formula is C20H29N3O5S. The molecule has 1 aromatic rings. The van der Waals surface area contributed by atoms with Crippen molar-refractivity contribution in [3.05, 3.63) is 29.8 Å². The lowest BCUT2D eigenvalue weighted by molar-refractivity contribution is -0.132. The Bertz CT molecular complexity index is 811. The van der Waals surface area contributed by atoms with Crippen molar-refractivity contribution in [1.82, 2.24) is 14.1 Å². The van der Waals surface area contributed by atoms with E-state index >= 15 is 0 Å². The fraction of sp³-hybridized carbons (Fsp3) is 0.600. The second kappa shape index (κ2) is 9.58. The zero-order chi connectivity index (χ0) is 20.9. The molecule has 0 N–H and O–H groups in total. The molecule has 9 heteroatoms. The van der Waals surface area contributed by atoms with Gasteiger partial charge in [-0.15, -0.1) is 0 Å². The molecule has 2 saturated heterocycles. The van der Waals surface area contributed by atoms with Gasteiger partial charge in [0.1, 0.15) is 0 Å². The SMILES string of the molecule is CCOC(=O)N1CCN(C(=O)CCc2ccc(S(=O)(=O)N3CCCC3)cc2)CC1. The molecule has 0 bridgehead atoms. The summed E-state index contributed by atoms with van der Waals surface area (Å²) in [7, 11) is -3.40. The third-order valence-electron chi connectivity index (χ3n) is 5.41. The van der Waals surface area contributed by atoms with Gasteiger partial charge in [-0.25, -0.2) is 13.2 Å². The van der Waals surface area contributed by atoms with Crippen LogP contribution in [0.3, 0.4) is 0 Å². The maximum absolute atomic E-state index is 12.6. The maximum atomic E-state index is 12.6. The van der Waals surface area contributed by atoms with E-state index < -0.39 is 10.0 Å². The van der Waals surface area contributed by atoms with E-state index in [4.69, 9.17) is 4.74 Å². The standard InChI is InChI=1S/C20H29N3O5S/c1-2-28-20(25)22-15-13-21(14-16-22)19(24)10-7-17-5-8-18(9-6-17)29(26,27)23-11-3-4-12-23/h5-6,8-9H,2-4,7,10-16H2,1H3. The van der Waals surface area contributed by atoms with Gasteiger partial charge in [0, 0.05) is 45.7 Å². The topological polar surface area (TPSA) is 87.2 Å². The molecule has 0 radical (unpaired) electrons. The summed E-state index contributed by atoms with van der Waals surface area (Å²) in [4.78, 5) is 27.9. The molecule has 2 amide bonds. The maximum Gasteiger partial charge on any atom is 0.409 e. The molecule has 160 valence electrons. The van der Waals surface area contributed by atoms with E-state index in [0.29, 0.717) is 63.6 Å². The second-order valence-corrected chi connectivity index (χ2v) is 9.26. The zero-order valence-corrected chi connectivity index (χ0v) is 17.7. The highest BCUT2D eigenvalue weighted by Gasteiger charge is 2.27. The Morgan fingerprint density at radius 1 is 0.931 bits per heavy atom. The summed E-state index contributed by atoms with van der Waals surface area (Å²) in [6, 6.07) is 6.83. The number of carbonyl (C=O) groups is 2. The van der Waals surface area contributed by atoms with Gasteiger partial charge in [0.2, 0.25) is 15.9 Å². The first-order chi connectivity index (χ1) is 13.9. The van der Waals surface area contributed by atoms with Crippen LogP contribution < -0.4 is 0 Å². The Morgan fingerprint density at radius 2 is 1.52 bits per heavy atom. The fourth-order valence-corrected chi connectivity index (χ4v) is 5.19. The van der Waals surface area contributed by atoms with Crippen LogP contribution in [0, 0.1) is 0 Å². The number of hydrogen-bond donors (Lipinski definition) is 0. The van der Waals surface area contributed by atoms with Crippen LogP contribution in [0.4, 0.5) is 4.79 Å². The van der Waals surface area contributed by atoms with Gasteiger partial charge in [-0.05, 0) is 43.9 Å². The van der Waals surface area contributed by atoms with E-state index in [1.165, 1.54) is 4.31 Å². The minimum absolute atomic E-state index is 0.0438. The molecule has 2 fully saturated rings. The van der Waals surface area contributed by atoms with Crippen molar-refractivity contribution in [2.24, 2.45) is 0 Å². The summed E-state index contributed by atoms with van der Waals surface area (Å²) in [5.74, 6) is 0.0438. The number of aryl methyl sites for hydroxylation is 1. The first kappa shape index (κ1) is 21.6. The van der Waals surface area contributed by atoms with Crippen molar-refractivity contribution in [3.63, 3.8) is 0 Å². The Kier molecular flexibility index (Phi) is 7.13. The number of carbonyl (C=O) groups excluding carboxylic acids is 2. The summed E-state index contributed by atoms with van der Waals surface area (Å²) in [5, 5.41) is 0. The molecule has 0 saturated carbocycles. The first-order valence-corrected chi connectivity index (χ1v) is 11.6. The third kappa shape index (κ3) is 5.27. The zero-order valence-electron chi connectivity index (χ0n) is 16.9. The van der Waals surface area contributed by atoms with E-state index in [9.17, 15) is 18.0 Å². The molecule has 0 atom stereocenters. The molecule has 0 aromatic heterocycles. The van der Waals surface area contributed by atoms with Gasteiger partial charge in [0.25, 0.3) is 0 Å². The molecule has 8 nitrogen and oxygen atoms in total. The average molecular weight is 424 g/mol. The van der Waals surface area contributed by atoms with Crippen LogP contribution in [-0.4, -0.2) is 80.4 Å². The largest absolute Gasteiger partial charge is 0.450 e. The summed E-state index contributed by atoms with van der Waals surface area (Å²) < 4.78 is 31.6. The lowest BCUT2D eigenvalue weighted by Crippen LogP contribution is -2.50. The number of nitrogens with zero attached hydrogens (tertiary/aromatic N) is 3. The van der Waals surface area contributed by atoms with E-state index in [1.807, 2.05) is 0 Å². The first-order valence-electron chi connectivity index (χ1n) is 10.2. The fourth-order valence-electron chi connectivity index (χ4n) is 3.67. The average Bonchev–Trinajstić information content (AvgIpc) is 3.28. The van der Waals surface area contributed by atoms with E-state index in [1.54, 1.807) is 41.0 Å². The minimum Gasteiger partial charge on any atom is -0.450 e. The van der Waals surface area contributed by atoms with Crippen LogP contribution in [0.1, 0.15) is 31.7 Å². The molecule has 2 heterocycles. The summed E-state index contributed by atoms with van der Waals surface area (Å²) in [5.41, 5.74) is 0.934.